The monoisotopic (exact) mass is 366 g/mol. The molecule has 0 aliphatic rings. The van der Waals surface area contributed by atoms with Crippen LogP contribution in [0.25, 0.3) is 0 Å². The zero-order valence-electron chi connectivity index (χ0n) is 2.93. The normalized spacial score (nSPS) is 0. The van der Waals surface area contributed by atoms with Gasteiger partial charge in [0.2, 0.25) is 0 Å². The van der Waals surface area contributed by atoms with Crippen LogP contribution in [0.2, 0.25) is 0 Å². The predicted molar refractivity (Wildman–Crippen MR) is 11.5 cm³/mol. The molecule has 0 saturated heterocycles. The molecule has 6 heteroatoms. The van der Waals surface area contributed by atoms with Crippen LogP contribution in [0.4, 0.5) is 0 Å². The van der Waals surface area contributed by atoms with Gasteiger partial charge in [0.1, 0.15) is 0 Å². The van der Waals surface area contributed by atoms with Crippen molar-refractivity contribution in [3.63, 3.8) is 0 Å². The Bertz CT molecular complexity index is 7.51. The van der Waals surface area contributed by atoms with Gasteiger partial charge in [0.15, 0.2) is 0 Å². The SMILES string of the molecule is [Ba+2].[Cl-].[Cl-].[Cl-].[Cl-].[Sr+2]. The smallest absolute Gasteiger partial charge is 1.00 e. The molecule has 0 saturated carbocycles. The summed E-state index contributed by atoms with van der Waals surface area (Å²) < 4.78 is 0. The Balaban J connectivity index is 0. The van der Waals surface area contributed by atoms with E-state index in [2.05, 4.69) is 0 Å². The van der Waals surface area contributed by atoms with Crippen molar-refractivity contribution in [1.29, 1.82) is 0 Å². The van der Waals surface area contributed by atoms with E-state index in [1.807, 2.05) is 0 Å². The van der Waals surface area contributed by atoms with Crippen LogP contribution in [0, 0.1) is 0 Å². The van der Waals surface area contributed by atoms with Gasteiger partial charge in [0, 0.05) is 0 Å². The van der Waals surface area contributed by atoms with E-state index in [1.165, 1.54) is 0 Å². The van der Waals surface area contributed by atoms with E-state index in [0.717, 1.165) is 0 Å². The Labute approximate surface area is 140 Å². The average molecular weight is 367 g/mol. The molecule has 0 nitrogen and oxygen atoms in total. The van der Waals surface area contributed by atoms with E-state index in [0.29, 0.717) is 0 Å². The number of hydrogen-bond donors (Lipinski definition) is 0. The summed E-state index contributed by atoms with van der Waals surface area (Å²) in [6, 6.07) is 0. The maximum Gasteiger partial charge on any atom is 2.00 e. The molecule has 6 heavy (non-hydrogen) atoms. The van der Waals surface area contributed by atoms with E-state index in [-0.39, 0.29) is 144 Å². The molecule has 0 atom stereocenters. The molecule has 0 radical (unpaired) electrons. The minimum atomic E-state index is 0. The van der Waals surface area contributed by atoms with Crippen molar-refractivity contribution in [3.05, 3.63) is 0 Å². The number of rotatable bonds is 0. The fourth-order valence-electron chi connectivity index (χ4n) is 0. The summed E-state index contributed by atoms with van der Waals surface area (Å²) in [5, 5.41) is 0. The van der Waals surface area contributed by atoms with Gasteiger partial charge in [-0.25, -0.2) is 0 Å². The zero-order valence-corrected chi connectivity index (χ0v) is 13.9. The third-order valence-corrected chi connectivity index (χ3v) is 0. The van der Waals surface area contributed by atoms with Crippen LogP contribution in [-0.4, -0.2) is 94.4 Å². The molecule has 0 bridgehead atoms. The van der Waals surface area contributed by atoms with Crippen LogP contribution in [-0.2, 0) is 0 Å². The second-order valence-electron chi connectivity index (χ2n) is 0. The van der Waals surface area contributed by atoms with Gasteiger partial charge in [-0.2, -0.15) is 0 Å². The van der Waals surface area contributed by atoms with Gasteiger partial charge in [-0.3, -0.25) is 0 Å². The summed E-state index contributed by atoms with van der Waals surface area (Å²) in [7, 11) is 0. The Morgan fingerprint density at radius 1 is 0.500 bits per heavy atom. The summed E-state index contributed by atoms with van der Waals surface area (Å²) in [4.78, 5) is 0. The van der Waals surface area contributed by atoms with Crippen LogP contribution in [0.3, 0.4) is 0 Å². The van der Waals surface area contributed by atoms with Crippen molar-refractivity contribution in [1.82, 2.24) is 0 Å². The Kier molecular flexibility index (Phi) is 285. The van der Waals surface area contributed by atoms with Crippen molar-refractivity contribution in [3.8, 4) is 0 Å². The van der Waals surface area contributed by atoms with Crippen LogP contribution >= 0.6 is 0 Å². The Hall–Kier alpha value is 4.21. The van der Waals surface area contributed by atoms with E-state index in [4.69, 9.17) is 0 Å². The van der Waals surface area contributed by atoms with Crippen molar-refractivity contribution >= 4 is 94.4 Å². The first-order valence-electron chi connectivity index (χ1n) is 0. The summed E-state index contributed by atoms with van der Waals surface area (Å²) in [6.07, 6.45) is 0. The first-order valence-corrected chi connectivity index (χ1v) is 0. The molecule has 0 amide bonds. The summed E-state index contributed by atoms with van der Waals surface area (Å²) >= 11 is 0. The largest absolute Gasteiger partial charge is 2.00 e. The van der Waals surface area contributed by atoms with Gasteiger partial charge < -0.3 is 49.6 Å². The molecule has 0 aromatic carbocycles. The average Bonchev–Trinajstić information content (AvgIpc) is 0. The molecule has 0 N–H and O–H groups in total. The standard InChI is InChI=1S/Ba.4ClH.Sr/h;4*1H;/q+2;;;;;+2/p-4. The predicted octanol–water partition coefficient (Wildman–Crippen LogP) is -12.7. The molecular weight excluding hydrogens is 367 g/mol. The molecule has 0 spiro atoms. The fourth-order valence-corrected chi connectivity index (χ4v) is 0. The van der Waals surface area contributed by atoms with Gasteiger partial charge in [-0.15, -0.1) is 0 Å². The zero-order chi connectivity index (χ0) is 0. The minimum Gasteiger partial charge on any atom is -1.00 e. The first-order chi connectivity index (χ1) is 0. The van der Waals surface area contributed by atoms with Gasteiger partial charge in [-0.1, -0.05) is 0 Å². The molecule has 0 rings (SSSR count). The summed E-state index contributed by atoms with van der Waals surface area (Å²) in [5.74, 6) is 0. The van der Waals surface area contributed by atoms with Crippen LogP contribution in [0.1, 0.15) is 0 Å². The topological polar surface area (TPSA) is 0 Å². The van der Waals surface area contributed by atoms with E-state index < -0.39 is 0 Å². The quantitative estimate of drug-likeness (QED) is 0.374. The molecular formula is BaCl4Sr. The minimum absolute atomic E-state index is 0. The molecule has 32 valence electrons. The fraction of sp³-hybridized carbons (Fsp3) is 0. The number of hydrogen-bond acceptors (Lipinski definition) is 0. The van der Waals surface area contributed by atoms with Gasteiger partial charge in [0.25, 0.3) is 0 Å². The van der Waals surface area contributed by atoms with Gasteiger partial charge in [0.05, 0.1) is 0 Å². The Morgan fingerprint density at radius 3 is 0.500 bits per heavy atom. The molecule has 0 unspecified atom stereocenters. The van der Waals surface area contributed by atoms with Crippen molar-refractivity contribution < 1.29 is 49.6 Å². The molecule has 0 aliphatic carbocycles. The second kappa shape index (κ2) is 35.0. The second-order valence-corrected chi connectivity index (χ2v) is 0. The number of halogens is 4. The van der Waals surface area contributed by atoms with E-state index in [1.54, 1.807) is 0 Å². The van der Waals surface area contributed by atoms with Gasteiger partial charge >= 0.3 is 94.4 Å². The first kappa shape index (κ1) is 48.8. The molecule has 0 fully saturated rings. The maximum absolute atomic E-state index is 0. The molecule has 0 aromatic heterocycles. The molecule has 0 heterocycles. The van der Waals surface area contributed by atoms with Gasteiger partial charge in [-0.05, 0) is 0 Å². The van der Waals surface area contributed by atoms with Crippen LogP contribution < -0.4 is 49.6 Å². The van der Waals surface area contributed by atoms with E-state index >= 15 is 0 Å². The van der Waals surface area contributed by atoms with Crippen LogP contribution in [0.5, 0.6) is 0 Å². The maximum atomic E-state index is 0. The van der Waals surface area contributed by atoms with Crippen LogP contribution in [0.15, 0.2) is 0 Å². The van der Waals surface area contributed by atoms with Crippen molar-refractivity contribution in [2.24, 2.45) is 0 Å². The third-order valence-electron chi connectivity index (χ3n) is 0. The summed E-state index contributed by atoms with van der Waals surface area (Å²) in [6.45, 7) is 0. The summed E-state index contributed by atoms with van der Waals surface area (Å²) in [5.41, 5.74) is 0. The molecule has 0 aromatic rings. The van der Waals surface area contributed by atoms with Crippen molar-refractivity contribution in [2.45, 2.75) is 0 Å². The Morgan fingerprint density at radius 2 is 0.500 bits per heavy atom. The van der Waals surface area contributed by atoms with Crippen molar-refractivity contribution in [2.75, 3.05) is 0 Å². The third kappa shape index (κ3) is 24.1. The molecule has 0 aliphatic heterocycles. The van der Waals surface area contributed by atoms with E-state index in [9.17, 15) is 0 Å².